The van der Waals surface area contributed by atoms with Crippen molar-refractivity contribution < 1.29 is 17.4 Å². The maximum absolute atomic E-state index is 0. The molecule has 28 valence electrons. The first-order valence-electron chi connectivity index (χ1n) is 0. The van der Waals surface area contributed by atoms with Gasteiger partial charge in [-0.05, 0) is 11.0 Å². The molecule has 0 heterocycles. The Balaban J connectivity index is 0. The Morgan fingerprint density at radius 3 is 0.750 bits per heavy atom. The molecule has 2 heteroatoms. The average Bonchev–Trinajstić information content (AvgIpc) is 0. The van der Waals surface area contributed by atoms with Crippen LogP contribution in [0.15, 0.2) is 0 Å². The van der Waals surface area contributed by atoms with Gasteiger partial charge in [0.2, 0.25) is 0 Å². The zero-order valence-electron chi connectivity index (χ0n) is 2.41. The van der Waals surface area contributed by atoms with Crippen LogP contribution in [0.4, 0.5) is 0 Å². The Hall–Kier alpha value is 0.749. The monoisotopic (exact) mass is 114 g/mol. The first-order chi connectivity index (χ1) is 0. The Bertz CT molecular complexity index is 6.00. The van der Waals surface area contributed by atoms with E-state index in [1.165, 1.54) is 0 Å². The van der Waals surface area contributed by atoms with Gasteiger partial charge < -0.3 is 14.9 Å². The molecular formula is C2H10CrSi. The summed E-state index contributed by atoms with van der Waals surface area (Å²) in [7, 11) is 0. The third-order valence-electron chi connectivity index (χ3n) is 0. The van der Waals surface area contributed by atoms with E-state index in [4.69, 9.17) is 0 Å². The van der Waals surface area contributed by atoms with Crippen LogP contribution in [0.3, 0.4) is 0 Å². The second-order valence-corrected chi connectivity index (χ2v) is 0. The molecule has 0 spiro atoms. The predicted molar refractivity (Wildman–Crippen MR) is 24.2 cm³/mol. The standard InChI is InChI=1S/2CH3.Cr.H4Si/h2*1H3;;1H4/q2*-1;+2;. The Morgan fingerprint density at radius 2 is 0.750 bits per heavy atom. The van der Waals surface area contributed by atoms with E-state index >= 15 is 0 Å². The van der Waals surface area contributed by atoms with Crippen molar-refractivity contribution >= 4 is 11.0 Å². The van der Waals surface area contributed by atoms with Gasteiger partial charge in [0.1, 0.15) is 0 Å². The third kappa shape index (κ3) is 15.0. The second-order valence-electron chi connectivity index (χ2n) is 0. The third-order valence-corrected chi connectivity index (χ3v) is 0. The molecule has 0 N–H and O–H groups in total. The van der Waals surface area contributed by atoms with E-state index in [9.17, 15) is 0 Å². The predicted octanol–water partition coefficient (Wildman–Crippen LogP) is -0.554. The molecule has 0 aliphatic rings. The van der Waals surface area contributed by atoms with Crippen molar-refractivity contribution in [3.05, 3.63) is 14.9 Å². The largest absolute Gasteiger partial charge is 2.00 e. The quantitative estimate of drug-likeness (QED) is 0.293. The molecule has 4 heavy (non-hydrogen) atoms. The van der Waals surface area contributed by atoms with Crippen molar-refractivity contribution in [2.75, 3.05) is 0 Å². The van der Waals surface area contributed by atoms with Gasteiger partial charge in [0.25, 0.3) is 0 Å². The average molecular weight is 114 g/mol. The van der Waals surface area contributed by atoms with E-state index in [1.54, 1.807) is 0 Å². The molecule has 0 aromatic heterocycles. The van der Waals surface area contributed by atoms with Crippen molar-refractivity contribution in [2.24, 2.45) is 0 Å². The van der Waals surface area contributed by atoms with Crippen LogP contribution in [0.1, 0.15) is 0 Å². The molecule has 0 fully saturated rings. The minimum atomic E-state index is 0. The van der Waals surface area contributed by atoms with Gasteiger partial charge in [0, 0.05) is 0 Å². The summed E-state index contributed by atoms with van der Waals surface area (Å²) in [5, 5.41) is 0. The normalized spacial score (nSPS) is 0. The van der Waals surface area contributed by atoms with Crippen LogP contribution in [-0.4, -0.2) is 11.0 Å². The molecule has 0 nitrogen and oxygen atoms in total. The summed E-state index contributed by atoms with van der Waals surface area (Å²) in [4.78, 5) is 0. The zero-order chi connectivity index (χ0) is 0. The fourth-order valence-electron chi connectivity index (χ4n) is 0. The van der Waals surface area contributed by atoms with E-state index in [0.29, 0.717) is 0 Å². The van der Waals surface area contributed by atoms with Gasteiger partial charge in [0.05, 0.1) is 0 Å². The van der Waals surface area contributed by atoms with Crippen LogP contribution in [-0.2, 0) is 17.4 Å². The topological polar surface area (TPSA) is 0 Å². The van der Waals surface area contributed by atoms with Gasteiger partial charge in [-0.15, -0.1) is 0 Å². The molecule has 0 atom stereocenters. The molecule has 0 aromatic rings. The summed E-state index contributed by atoms with van der Waals surface area (Å²) in [5.74, 6) is 0. The zero-order valence-corrected chi connectivity index (χ0v) is 3.68. The van der Waals surface area contributed by atoms with Gasteiger partial charge in [-0.1, -0.05) is 0 Å². The summed E-state index contributed by atoms with van der Waals surface area (Å²) in [6.45, 7) is 0. The van der Waals surface area contributed by atoms with Gasteiger partial charge in [-0.2, -0.15) is 0 Å². The fraction of sp³-hybridized carbons (Fsp3) is 0. The first-order valence-corrected chi connectivity index (χ1v) is 0. The summed E-state index contributed by atoms with van der Waals surface area (Å²) in [5.41, 5.74) is 0. The van der Waals surface area contributed by atoms with Gasteiger partial charge in [0.15, 0.2) is 0 Å². The van der Waals surface area contributed by atoms with Crippen molar-refractivity contribution in [1.29, 1.82) is 0 Å². The second kappa shape index (κ2) is 50.5. The molecule has 0 aromatic carbocycles. The number of rotatable bonds is 0. The van der Waals surface area contributed by atoms with E-state index in [1.807, 2.05) is 0 Å². The van der Waals surface area contributed by atoms with Crippen molar-refractivity contribution in [3.8, 4) is 0 Å². The van der Waals surface area contributed by atoms with Gasteiger partial charge >= 0.3 is 17.4 Å². The van der Waals surface area contributed by atoms with Crippen LogP contribution in [0.25, 0.3) is 0 Å². The maximum atomic E-state index is 0. The summed E-state index contributed by atoms with van der Waals surface area (Å²) < 4.78 is 0. The first kappa shape index (κ1) is 119. The van der Waals surface area contributed by atoms with Crippen LogP contribution in [0.2, 0.25) is 0 Å². The summed E-state index contributed by atoms with van der Waals surface area (Å²) in [6, 6.07) is 0. The molecule has 0 aliphatic heterocycles. The number of hydrogen-bond donors (Lipinski definition) is 0. The van der Waals surface area contributed by atoms with Gasteiger partial charge in [-0.25, -0.2) is 0 Å². The Morgan fingerprint density at radius 1 is 0.750 bits per heavy atom. The molecule has 0 saturated heterocycles. The summed E-state index contributed by atoms with van der Waals surface area (Å²) >= 11 is 0. The van der Waals surface area contributed by atoms with Crippen molar-refractivity contribution in [2.45, 2.75) is 0 Å². The van der Waals surface area contributed by atoms with Crippen LogP contribution >= 0.6 is 0 Å². The molecule has 0 unspecified atom stereocenters. The minimum absolute atomic E-state index is 0. The SMILES string of the molecule is [CH3-].[CH3-].[Cr+2].[SiH4]. The van der Waals surface area contributed by atoms with Crippen LogP contribution in [0.5, 0.6) is 0 Å². The van der Waals surface area contributed by atoms with E-state index in [0.717, 1.165) is 0 Å². The molecule has 0 rings (SSSR count). The van der Waals surface area contributed by atoms with Crippen molar-refractivity contribution in [3.63, 3.8) is 0 Å². The molecular weight excluding hydrogens is 104 g/mol. The molecule has 0 aliphatic carbocycles. The van der Waals surface area contributed by atoms with Crippen molar-refractivity contribution in [1.82, 2.24) is 0 Å². The minimum Gasteiger partial charge on any atom is -0.358 e. The summed E-state index contributed by atoms with van der Waals surface area (Å²) in [6.07, 6.45) is 0. The smallest absolute Gasteiger partial charge is 0.358 e. The number of hydrogen-bond acceptors (Lipinski definition) is 0. The maximum Gasteiger partial charge on any atom is 2.00 e. The van der Waals surface area contributed by atoms with Crippen LogP contribution < -0.4 is 0 Å². The fourth-order valence-corrected chi connectivity index (χ4v) is 0. The van der Waals surface area contributed by atoms with E-state index < -0.39 is 0 Å². The van der Waals surface area contributed by atoms with E-state index in [-0.39, 0.29) is 43.2 Å². The molecule has 0 amide bonds. The molecule has 0 bridgehead atoms. The molecule has 0 radical (unpaired) electrons. The molecule has 0 saturated carbocycles. The Kier molecular flexibility index (Phi) is 1500. The van der Waals surface area contributed by atoms with E-state index in [2.05, 4.69) is 0 Å². The van der Waals surface area contributed by atoms with Crippen LogP contribution in [0, 0.1) is 14.9 Å². The van der Waals surface area contributed by atoms with Gasteiger partial charge in [-0.3, -0.25) is 0 Å². The Labute approximate surface area is 43.8 Å².